The first-order chi connectivity index (χ1) is 34.0. The smallest absolute Gasteiger partial charge is 0.306 e. The van der Waals surface area contributed by atoms with Gasteiger partial charge < -0.3 is 20.3 Å². The van der Waals surface area contributed by atoms with Crippen molar-refractivity contribution in [2.45, 2.75) is 283 Å². The van der Waals surface area contributed by atoms with E-state index in [-0.39, 0.29) is 31.3 Å². The van der Waals surface area contributed by atoms with E-state index in [4.69, 9.17) is 4.74 Å². The largest absolute Gasteiger partial charge is 0.462 e. The SMILES string of the molecule is CC/C=C\C/C=C\C/C=C\C/C=C\C/C=C\C/C=C\CCC(=O)OC(CCC/C=C/C=C/CCCCCCCCC)CC(=O)NC(CO)C(O)CCCCCCCCCCCCCCCCCCC. The van der Waals surface area contributed by atoms with E-state index in [2.05, 4.69) is 117 Å². The number of aliphatic hydroxyl groups excluding tert-OH is 2. The summed E-state index contributed by atoms with van der Waals surface area (Å²) in [5.74, 6) is -0.622. The molecule has 0 saturated heterocycles. The maximum absolute atomic E-state index is 13.3. The molecule has 0 aliphatic heterocycles. The van der Waals surface area contributed by atoms with Gasteiger partial charge in [0.1, 0.15) is 6.10 Å². The minimum absolute atomic E-state index is 0.00998. The van der Waals surface area contributed by atoms with Gasteiger partial charge in [-0.1, -0.05) is 266 Å². The second-order valence-electron chi connectivity index (χ2n) is 19.3. The normalized spacial score (nSPS) is 13.9. The molecule has 0 aromatic carbocycles. The first kappa shape index (κ1) is 65.8. The quantitative estimate of drug-likeness (QED) is 0.0244. The molecule has 1 amide bonds. The molecule has 0 rings (SSSR count). The van der Waals surface area contributed by atoms with E-state index in [0.29, 0.717) is 19.3 Å². The fourth-order valence-corrected chi connectivity index (χ4v) is 8.34. The summed E-state index contributed by atoms with van der Waals surface area (Å²) in [5, 5.41) is 23.9. The van der Waals surface area contributed by atoms with Crippen LogP contribution in [-0.2, 0) is 14.3 Å². The van der Waals surface area contributed by atoms with E-state index in [9.17, 15) is 19.8 Å². The Labute approximate surface area is 426 Å². The number of nitrogens with one attached hydrogen (secondary N) is 1. The van der Waals surface area contributed by atoms with E-state index in [1.807, 2.05) is 6.08 Å². The van der Waals surface area contributed by atoms with E-state index < -0.39 is 18.2 Å². The lowest BCUT2D eigenvalue weighted by Gasteiger charge is -2.24. The second kappa shape index (κ2) is 55.7. The maximum atomic E-state index is 13.3. The van der Waals surface area contributed by atoms with Crippen LogP contribution < -0.4 is 5.32 Å². The third-order valence-corrected chi connectivity index (χ3v) is 12.7. The summed E-state index contributed by atoms with van der Waals surface area (Å²) in [4.78, 5) is 26.2. The number of rotatable bonds is 51. The van der Waals surface area contributed by atoms with Crippen molar-refractivity contribution in [1.29, 1.82) is 0 Å². The Morgan fingerprint density at radius 3 is 1.28 bits per heavy atom. The number of carbonyl (C=O) groups excluding carboxylic acids is 2. The molecule has 396 valence electrons. The van der Waals surface area contributed by atoms with Crippen LogP contribution in [0.4, 0.5) is 0 Å². The molecule has 0 aromatic rings. The molecule has 0 aliphatic carbocycles. The number of allylic oxidation sites excluding steroid dienone is 16. The monoisotopic (exact) mass is 960 g/mol. The van der Waals surface area contributed by atoms with Crippen LogP contribution in [0, 0.1) is 0 Å². The first-order valence-electron chi connectivity index (χ1n) is 29.0. The van der Waals surface area contributed by atoms with Gasteiger partial charge in [-0.3, -0.25) is 9.59 Å². The zero-order valence-corrected chi connectivity index (χ0v) is 45.2. The molecule has 0 aliphatic rings. The number of carbonyl (C=O) groups is 2. The standard InChI is InChI=1S/C63H109NO5/c1-4-7-10-13-16-19-22-25-28-30-31-33-35-38-41-44-47-50-53-56-63(68)69-59(54-51-48-45-42-39-36-27-24-21-18-15-12-9-6-3)57-62(67)64-60(58-65)61(66)55-52-49-46-43-40-37-34-32-29-26-23-20-17-14-11-8-5-2/h7,10,16,19,25,28,31,33,36,38-39,41-42,45,47,50,59-61,65-66H,4-6,8-9,11-15,17-18,20-24,26-27,29-30,32,34-35,37,40,43-44,46,48-49,51-58H2,1-3H3,(H,64,67)/b10-7-,19-16-,28-25-,33-31-,39-36+,41-38-,45-42+,50-47-. The topological polar surface area (TPSA) is 95.9 Å². The molecule has 69 heavy (non-hydrogen) atoms. The summed E-state index contributed by atoms with van der Waals surface area (Å²) in [6.45, 7) is 6.35. The number of aliphatic hydroxyl groups is 2. The predicted molar refractivity (Wildman–Crippen MR) is 300 cm³/mol. The fraction of sp³-hybridized carbons (Fsp3) is 0.714. The van der Waals surface area contributed by atoms with Crippen molar-refractivity contribution >= 4 is 11.9 Å². The summed E-state index contributed by atoms with van der Waals surface area (Å²) >= 11 is 0. The fourth-order valence-electron chi connectivity index (χ4n) is 8.34. The maximum Gasteiger partial charge on any atom is 0.306 e. The highest BCUT2D eigenvalue weighted by Gasteiger charge is 2.24. The molecule has 0 radical (unpaired) electrons. The van der Waals surface area contributed by atoms with Gasteiger partial charge in [0.2, 0.25) is 5.91 Å². The van der Waals surface area contributed by atoms with Gasteiger partial charge in [0, 0.05) is 6.42 Å². The van der Waals surface area contributed by atoms with Crippen LogP contribution in [0.1, 0.15) is 265 Å². The third-order valence-electron chi connectivity index (χ3n) is 12.7. The number of hydrogen-bond donors (Lipinski definition) is 3. The van der Waals surface area contributed by atoms with Gasteiger partial charge in [-0.25, -0.2) is 0 Å². The molecule has 3 unspecified atom stereocenters. The minimum Gasteiger partial charge on any atom is -0.462 e. The number of hydrogen-bond acceptors (Lipinski definition) is 5. The highest BCUT2D eigenvalue weighted by Crippen LogP contribution is 2.17. The molecule has 3 atom stereocenters. The third kappa shape index (κ3) is 51.0. The molecule has 0 spiro atoms. The van der Waals surface area contributed by atoms with Crippen LogP contribution in [-0.4, -0.2) is 46.9 Å². The van der Waals surface area contributed by atoms with Crippen molar-refractivity contribution in [2.24, 2.45) is 0 Å². The number of unbranched alkanes of at least 4 members (excludes halogenated alkanes) is 24. The van der Waals surface area contributed by atoms with Crippen LogP contribution in [0.25, 0.3) is 0 Å². The van der Waals surface area contributed by atoms with Gasteiger partial charge >= 0.3 is 5.97 Å². The molecular weight excluding hydrogens is 851 g/mol. The lowest BCUT2D eigenvalue weighted by Crippen LogP contribution is -2.46. The molecule has 0 fully saturated rings. The van der Waals surface area contributed by atoms with Crippen LogP contribution in [0.3, 0.4) is 0 Å². The van der Waals surface area contributed by atoms with E-state index in [0.717, 1.165) is 77.0 Å². The van der Waals surface area contributed by atoms with Crippen LogP contribution >= 0.6 is 0 Å². The van der Waals surface area contributed by atoms with E-state index in [1.165, 1.54) is 135 Å². The Hall–Kier alpha value is -3.22. The Kier molecular flexibility index (Phi) is 53.1. The summed E-state index contributed by atoms with van der Waals surface area (Å²) in [6, 6.07) is -0.737. The van der Waals surface area contributed by atoms with Crippen molar-refractivity contribution in [3.05, 3.63) is 97.2 Å². The molecular formula is C63H109NO5. The van der Waals surface area contributed by atoms with Crippen LogP contribution in [0.5, 0.6) is 0 Å². The predicted octanol–water partition coefficient (Wildman–Crippen LogP) is 18.1. The van der Waals surface area contributed by atoms with Crippen molar-refractivity contribution in [2.75, 3.05) is 6.61 Å². The first-order valence-corrected chi connectivity index (χ1v) is 29.0. The van der Waals surface area contributed by atoms with Gasteiger partial charge in [-0.2, -0.15) is 0 Å². The van der Waals surface area contributed by atoms with Crippen molar-refractivity contribution in [3.63, 3.8) is 0 Å². The highest BCUT2D eigenvalue weighted by molar-refractivity contribution is 5.77. The highest BCUT2D eigenvalue weighted by atomic mass is 16.5. The molecule has 0 bridgehead atoms. The van der Waals surface area contributed by atoms with Gasteiger partial charge in [-0.05, 0) is 83.5 Å². The van der Waals surface area contributed by atoms with E-state index >= 15 is 0 Å². The Balaban J connectivity index is 4.70. The number of esters is 1. The van der Waals surface area contributed by atoms with Crippen LogP contribution in [0.2, 0.25) is 0 Å². The summed E-state index contributed by atoms with van der Waals surface area (Å²) < 4.78 is 5.89. The summed E-state index contributed by atoms with van der Waals surface area (Å²) in [7, 11) is 0. The molecule has 6 nitrogen and oxygen atoms in total. The lowest BCUT2D eigenvalue weighted by molar-refractivity contribution is -0.150. The summed E-state index contributed by atoms with van der Waals surface area (Å²) in [5.41, 5.74) is 0. The number of amides is 1. The molecule has 6 heteroatoms. The van der Waals surface area contributed by atoms with Gasteiger partial charge in [0.05, 0.1) is 25.2 Å². The van der Waals surface area contributed by atoms with Crippen molar-refractivity contribution in [1.82, 2.24) is 5.32 Å². The second-order valence-corrected chi connectivity index (χ2v) is 19.3. The average Bonchev–Trinajstić information content (AvgIpc) is 3.34. The Morgan fingerprint density at radius 1 is 0.449 bits per heavy atom. The lowest BCUT2D eigenvalue weighted by atomic mass is 10.0. The number of ether oxygens (including phenoxy) is 1. The van der Waals surface area contributed by atoms with Gasteiger partial charge in [0.25, 0.3) is 0 Å². The average molecular weight is 961 g/mol. The van der Waals surface area contributed by atoms with Crippen LogP contribution in [0.15, 0.2) is 97.2 Å². The van der Waals surface area contributed by atoms with E-state index in [1.54, 1.807) is 0 Å². The zero-order chi connectivity index (χ0) is 50.2. The molecule has 3 N–H and O–H groups in total. The van der Waals surface area contributed by atoms with Gasteiger partial charge in [-0.15, -0.1) is 0 Å². The van der Waals surface area contributed by atoms with Crippen molar-refractivity contribution in [3.8, 4) is 0 Å². The summed E-state index contributed by atoms with van der Waals surface area (Å²) in [6.07, 6.45) is 74.9. The molecule has 0 saturated carbocycles. The van der Waals surface area contributed by atoms with Gasteiger partial charge in [0.15, 0.2) is 0 Å². The Bertz CT molecular complexity index is 1350. The minimum atomic E-state index is -0.818. The Morgan fingerprint density at radius 2 is 0.841 bits per heavy atom. The molecule has 0 aromatic heterocycles. The van der Waals surface area contributed by atoms with Crippen molar-refractivity contribution < 1.29 is 24.5 Å². The zero-order valence-electron chi connectivity index (χ0n) is 45.2. The molecule has 0 heterocycles.